The van der Waals surface area contributed by atoms with Crippen molar-refractivity contribution in [1.29, 1.82) is 0 Å². The molecule has 0 saturated heterocycles. The minimum Gasteiger partial charge on any atom is -0.429 e. The molecule has 0 spiro atoms. The summed E-state index contributed by atoms with van der Waals surface area (Å²) < 4.78 is 10.5. The maximum Gasteiger partial charge on any atom is 0.333 e. The van der Waals surface area contributed by atoms with E-state index in [9.17, 15) is 14.8 Å². The molecule has 2 heterocycles. The first-order chi connectivity index (χ1) is 14.7. The number of carbonyl (C=O) groups is 1. The van der Waals surface area contributed by atoms with E-state index in [1.54, 1.807) is 11.1 Å². The number of aliphatic hydroxyl groups is 1. The molecular formula is C25H35NO5. The van der Waals surface area contributed by atoms with Crippen molar-refractivity contribution in [1.82, 2.24) is 0 Å². The Hall–Kier alpha value is -2.05. The molecule has 6 nitrogen and oxygen atoms in total. The van der Waals surface area contributed by atoms with Crippen LogP contribution in [0.2, 0.25) is 0 Å². The molecule has 1 aliphatic carbocycles. The average Bonchev–Trinajstić information content (AvgIpc) is 3.09. The van der Waals surface area contributed by atoms with E-state index in [0.29, 0.717) is 23.8 Å². The van der Waals surface area contributed by atoms with Gasteiger partial charge in [0, 0.05) is 11.6 Å². The number of hydrogen-bond donors (Lipinski definition) is 1. The molecular weight excluding hydrogens is 394 g/mol. The lowest BCUT2D eigenvalue weighted by molar-refractivity contribution is -0.139. The second kappa shape index (κ2) is 10.0. The maximum absolute atomic E-state index is 11.4. The van der Waals surface area contributed by atoms with Crippen LogP contribution in [0.4, 0.5) is 0 Å². The number of hydrogen-bond acceptors (Lipinski definition) is 6. The van der Waals surface area contributed by atoms with Gasteiger partial charge in [0.1, 0.15) is 0 Å². The molecule has 170 valence electrons. The number of esters is 1. The molecule has 3 aliphatic rings. The molecule has 0 bridgehead atoms. The van der Waals surface area contributed by atoms with Crippen LogP contribution in [0.1, 0.15) is 79.1 Å². The molecule has 0 radical (unpaired) electrons. The van der Waals surface area contributed by atoms with E-state index in [0.717, 1.165) is 24.8 Å². The number of ether oxygens (including phenoxy) is 2. The summed E-state index contributed by atoms with van der Waals surface area (Å²) >= 11 is 0. The average molecular weight is 430 g/mol. The first kappa shape index (κ1) is 23.6. The van der Waals surface area contributed by atoms with Crippen molar-refractivity contribution in [2.45, 2.75) is 97.7 Å². The largest absolute Gasteiger partial charge is 0.429 e. The molecule has 0 fully saturated rings. The lowest BCUT2D eigenvalue weighted by atomic mass is 9.71. The van der Waals surface area contributed by atoms with Gasteiger partial charge in [0.2, 0.25) is 0 Å². The van der Waals surface area contributed by atoms with Crippen LogP contribution in [-0.4, -0.2) is 29.7 Å². The standard InChI is InChI=1S/C25H35NO5/c1-16(10-12-20-17(2)8-6-14-25(20,3)4)7-5-9-18-11-13-21(30-24(18)28)19-15-22(27)31-23(19)26-29/h7,11,15,21,23-24,28H,5-6,8-10,12-14H2,1-4H3/b16-7+. The van der Waals surface area contributed by atoms with Crippen LogP contribution < -0.4 is 0 Å². The predicted octanol–water partition coefficient (Wildman–Crippen LogP) is 5.63. The Kier molecular flexibility index (Phi) is 7.65. The quantitative estimate of drug-likeness (QED) is 0.307. The SMILES string of the molecule is CC1=C(CC/C(C)=C/CCC2=CCC(C3=CC(=O)OC3N=O)OC2O)C(C)(C)CCC1. The van der Waals surface area contributed by atoms with Crippen molar-refractivity contribution in [2.24, 2.45) is 10.6 Å². The lowest BCUT2D eigenvalue weighted by Gasteiger charge is -2.35. The van der Waals surface area contributed by atoms with Crippen molar-refractivity contribution >= 4 is 5.97 Å². The third-order valence-electron chi connectivity index (χ3n) is 6.85. The monoisotopic (exact) mass is 429 g/mol. The molecule has 3 rings (SSSR count). The van der Waals surface area contributed by atoms with Crippen molar-refractivity contribution in [3.63, 3.8) is 0 Å². The molecule has 0 amide bonds. The van der Waals surface area contributed by atoms with Gasteiger partial charge in [0.25, 0.3) is 6.23 Å². The van der Waals surface area contributed by atoms with Crippen LogP contribution in [-0.2, 0) is 14.3 Å². The van der Waals surface area contributed by atoms with Gasteiger partial charge in [0.05, 0.1) is 6.10 Å². The molecule has 1 N–H and O–H groups in total. The molecule has 3 unspecified atom stereocenters. The fourth-order valence-electron chi connectivity index (χ4n) is 4.99. The normalized spacial score (nSPS) is 28.9. The third kappa shape index (κ3) is 5.80. The van der Waals surface area contributed by atoms with Crippen LogP contribution in [0.15, 0.2) is 51.3 Å². The summed E-state index contributed by atoms with van der Waals surface area (Å²) in [6.07, 6.45) is 10.7. The summed E-state index contributed by atoms with van der Waals surface area (Å²) in [5.41, 5.74) is 6.09. The zero-order valence-corrected chi connectivity index (χ0v) is 19.1. The Bertz CT molecular complexity index is 833. The summed E-state index contributed by atoms with van der Waals surface area (Å²) in [5.74, 6) is -0.601. The molecule has 31 heavy (non-hydrogen) atoms. The smallest absolute Gasteiger partial charge is 0.333 e. The van der Waals surface area contributed by atoms with E-state index in [4.69, 9.17) is 9.47 Å². The minimum absolute atomic E-state index is 0.316. The summed E-state index contributed by atoms with van der Waals surface area (Å²) in [5, 5.41) is 13.2. The second-order valence-electron chi connectivity index (χ2n) is 9.62. The zero-order valence-electron chi connectivity index (χ0n) is 19.1. The molecule has 0 aromatic carbocycles. The van der Waals surface area contributed by atoms with Crippen molar-refractivity contribution in [3.05, 3.63) is 51.0 Å². The van der Waals surface area contributed by atoms with Gasteiger partial charge in [-0.25, -0.2) is 4.79 Å². The van der Waals surface area contributed by atoms with Gasteiger partial charge in [-0.2, -0.15) is 0 Å². The van der Waals surface area contributed by atoms with Crippen molar-refractivity contribution < 1.29 is 19.4 Å². The Morgan fingerprint density at radius 1 is 1.35 bits per heavy atom. The van der Waals surface area contributed by atoms with Gasteiger partial charge >= 0.3 is 5.97 Å². The van der Waals surface area contributed by atoms with Gasteiger partial charge in [0.15, 0.2) is 6.29 Å². The second-order valence-corrected chi connectivity index (χ2v) is 9.62. The Balaban J connectivity index is 1.50. The first-order valence-corrected chi connectivity index (χ1v) is 11.3. The molecule has 6 heteroatoms. The van der Waals surface area contributed by atoms with Gasteiger partial charge < -0.3 is 14.6 Å². The van der Waals surface area contributed by atoms with Crippen molar-refractivity contribution in [3.8, 4) is 0 Å². The van der Waals surface area contributed by atoms with Crippen LogP contribution in [0.3, 0.4) is 0 Å². The molecule has 0 saturated carbocycles. The highest BCUT2D eigenvalue weighted by Gasteiger charge is 2.36. The van der Waals surface area contributed by atoms with Crippen LogP contribution in [0, 0.1) is 10.3 Å². The topological polar surface area (TPSA) is 85.2 Å². The first-order valence-electron chi connectivity index (χ1n) is 11.3. The van der Waals surface area contributed by atoms with E-state index in [-0.39, 0.29) is 0 Å². The lowest BCUT2D eigenvalue weighted by Crippen LogP contribution is -2.31. The van der Waals surface area contributed by atoms with Gasteiger partial charge in [-0.1, -0.05) is 42.7 Å². The predicted molar refractivity (Wildman–Crippen MR) is 120 cm³/mol. The van der Waals surface area contributed by atoms with Gasteiger partial charge in [-0.05, 0) is 81.4 Å². The van der Waals surface area contributed by atoms with E-state index in [1.807, 2.05) is 6.08 Å². The minimum atomic E-state index is -1.15. The number of aliphatic hydroxyl groups excluding tert-OH is 1. The third-order valence-corrected chi connectivity index (χ3v) is 6.85. The fraction of sp³-hybridized carbons (Fsp3) is 0.640. The van der Waals surface area contributed by atoms with E-state index in [1.165, 1.54) is 30.9 Å². The van der Waals surface area contributed by atoms with E-state index >= 15 is 0 Å². The summed E-state index contributed by atoms with van der Waals surface area (Å²) in [7, 11) is 0. The zero-order chi connectivity index (χ0) is 22.6. The van der Waals surface area contributed by atoms with Crippen molar-refractivity contribution in [2.75, 3.05) is 0 Å². The Morgan fingerprint density at radius 2 is 2.13 bits per heavy atom. The maximum atomic E-state index is 11.4. The summed E-state index contributed by atoms with van der Waals surface area (Å²) in [6.45, 7) is 9.20. The van der Waals surface area contributed by atoms with Crippen LogP contribution in [0.5, 0.6) is 0 Å². The van der Waals surface area contributed by atoms with Crippen LogP contribution >= 0.6 is 0 Å². The molecule has 3 atom stereocenters. The van der Waals surface area contributed by atoms with Gasteiger partial charge in [-0.15, -0.1) is 4.91 Å². The number of rotatable bonds is 8. The highest BCUT2D eigenvalue weighted by molar-refractivity contribution is 5.86. The molecule has 2 aliphatic heterocycles. The number of carbonyl (C=O) groups excluding carboxylic acids is 1. The number of nitroso groups, excluding NO2 is 1. The molecule has 0 aromatic rings. The number of allylic oxidation sites excluding steroid dienone is 4. The summed E-state index contributed by atoms with van der Waals surface area (Å²) in [4.78, 5) is 22.2. The number of cyclic esters (lactones) is 1. The Morgan fingerprint density at radius 3 is 2.81 bits per heavy atom. The van der Waals surface area contributed by atoms with Gasteiger partial charge in [-0.3, -0.25) is 0 Å². The summed E-state index contributed by atoms with van der Waals surface area (Å²) in [6, 6.07) is 0. The van der Waals surface area contributed by atoms with E-state index in [2.05, 4.69) is 38.9 Å². The highest BCUT2D eigenvalue weighted by atomic mass is 16.6. The Labute approximate surface area is 185 Å². The highest BCUT2D eigenvalue weighted by Crippen LogP contribution is 2.42. The number of nitrogens with zero attached hydrogens (tertiary/aromatic N) is 1. The van der Waals surface area contributed by atoms with Crippen LogP contribution in [0.25, 0.3) is 0 Å². The van der Waals surface area contributed by atoms with E-state index < -0.39 is 24.6 Å². The fourth-order valence-corrected chi connectivity index (χ4v) is 4.99. The molecule has 0 aromatic heterocycles.